The lowest BCUT2D eigenvalue weighted by molar-refractivity contribution is 0.193. The van der Waals surface area contributed by atoms with E-state index in [1.165, 1.54) is 11.8 Å². The molecular weight excluding hydrogens is 253 g/mol. The Hall–Kier alpha value is -1.78. The minimum absolute atomic E-state index is 0.266. The van der Waals surface area contributed by atoms with E-state index in [1.54, 1.807) is 12.3 Å². The normalized spacial score (nSPS) is 19.9. The molecule has 1 saturated heterocycles. The fraction of sp³-hybridized carbons (Fsp3) is 0.312. The SMILES string of the molecule is Fc1cncc(CN2CCNC(c3ccccc3)C2)c1. The van der Waals surface area contributed by atoms with E-state index in [9.17, 15) is 4.39 Å². The summed E-state index contributed by atoms with van der Waals surface area (Å²) in [5.74, 6) is -0.266. The molecule has 0 radical (unpaired) electrons. The molecule has 0 saturated carbocycles. The van der Waals surface area contributed by atoms with Crippen LogP contribution in [0, 0.1) is 5.82 Å². The Kier molecular flexibility index (Phi) is 4.04. The molecule has 4 heteroatoms. The quantitative estimate of drug-likeness (QED) is 0.929. The van der Waals surface area contributed by atoms with Gasteiger partial charge in [0.05, 0.1) is 6.20 Å². The van der Waals surface area contributed by atoms with E-state index in [4.69, 9.17) is 0 Å². The van der Waals surface area contributed by atoms with Crippen molar-refractivity contribution in [3.8, 4) is 0 Å². The lowest BCUT2D eigenvalue weighted by Gasteiger charge is -2.34. The van der Waals surface area contributed by atoms with Gasteiger partial charge in [0.15, 0.2) is 0 Å². The Morgan fingerprint density at radius 3 is 2.90 bits per heavy atom. The zero-order valence-corrected chi connectivity index (χ0v) is 11.3. The van der Waals surface area contributed by atoms with Gasteiger partial charge in [-0.1, -0.05) is 30.3 Å². The van der Waals surface area contributed by atoms with E-state index in [0.717, 1.165) is 31.7 Å². The monoisotopic (exact) mass is 271 g/mol. The molecule has 0 spiro atoms. The second-order valence-electron chi connectivity index (χ2n) is 5.16. The van der Waals surface area contributed by atoms with E-state index in [1.807, 2.05) is 6.07 Å². The molecular formula is C16H18FN3. The van der Waals surface area contributed by atoms with E-state index >= 15 is 0 Å². The first-order valence-electron chi connectivity index (χ1n) is 6.91. The molecule has 1 N–H and O–H groups in total. The molecule has 1 unspecified atom stereocenters. The van der Waals surface area contributed by atoms with Crippen LogP contribution in [0.1, 0.15) is 17.2 Å². The fourth-order valence-electron chi connectivity index (χ4n) is 2.66. The average Bonchev–Trinajstić information content (AvgIpc) is 2.48. The molecule has 0 bridgehead atoms. The smallest absolute Gasteiger partial charge is 0.141 e. The molecule has 1 atom stereocenters. The Morgan fingerprint density at radius 2 is 2.10 bits per heavy atom. The third-order valence-corrected chi connectivity index (χ3v) is 3.63. The van der Waals surface area contributed by atoms with Crippen LogP contribution in [0.5, 0.6) is 0 Å². The molecule has 2 aromatic rings. The van der Waals surface area contributed by atoms with Gasteiger partial charge in [-0.2, -0.15) is 0 Å². The van der Waals surface area contributed by atoms with Crippen LogP contribution in [0.15, 0.2) is 48.8 Å². The summed E-state index contributed by atoms with van der Waals surface area (Å²) < 4.78 is 13.2. The molecule has 0 aliphatic carbocycles. The van der Waals surface area contributed by atoms with Gasteiger partial charge in [-0.15, -0.1) is 0 Å². The summed E-state index contributed by atoms with van der Waals surface area (Å²) in [5.41, 5.74) is 2.23. The third-order valence-electron chi connectivity index (χ3n) is 3.63. The molecule has 1 aromatic carbocycles. The van der Waals surface area contributed by atoms with Crippen LogP contribution in [0.4, 0.5) is 4.39 Å². The van der Waals surface area contributed by atoms with Crippen LogP contribution in [-0.2, 0) is 6.54 Å². The maximum absolute atomic E-state index is 13.2. The number of nitrogens with one attached hydrogen (secondary N) is 1. The molecule has 20 heavy (non-hydrogen) atoms. The highest BCUT2D eigenvalue weighted by Gasteiger charge is 2.20. The Balaban J connectivity index is 1.66. The van der Waals surface area contributed by atoms with E-state index < -0.39 is 0 Å². The van der Waals surface area contributed by atoms with Gasteiger partial charge in [-0.25, -0.2) is 4.39 Å². The molecule has 0 amide bonds. The average molecular weight is 271 g/mol. The van der Waals surface area contributed by atoms with E-state index in [2.05, 4.69) is 39.5 Å². The van der Waals surface area contributed by atoms with Crippen LogP contribution in [-0.4, -0.2) is 29.5 Å². The number of pyridine rings is 1. The summed E-state index contributed by atoms with van der Waals surface area (Å²) in [6.45, 7) is 3.60. The third kappa shape index (κ3) is 3.21. The van der Waals surface area contributed by atoms with E-state index in [0.29, 0.717) is 6.04 Å². The van der Waals surface area contributed by atoms with Crippen LogP contribution in [0.3, 0.4) is 0 Å². The minimum Gasteiger partial charge on any atom is -0.308 e. The van der Waals surface area contributed by atoms with Gasteiger partial charge in [0.2, 0.25) is 0 Å². The van der Waals surface area contributed by atoms with Crippen LogP contribution >= 0.6 is 0 Å². The number of nitrogens with zero attached hydrogens (tertiary/aromatic N) is 2. The van der Waals surface area contributed by atoms with Gasteiger partial charge < -0.3 is 5.32 Å². The number of halogens is 1. The van der Waals surface area contributed by atoms with Crippen LogP contribution < -0.4 is 5.32 Å². The second-order valence-corrected chi connectivity index (χ2v) is 5.16. The molecule has 1 aromatic heterocycles. The standard InChI is InChI=1S/C16H18FN3/c17-15-8-13(9-18-10-15)11-20-7-6-19-16(12-20)14-4-2-1-3-5-14/h1-5,8-10,16,19H,6-7,11-12H2. The molecule has 104 valence electrons. The predicted molar refractivity (Wildman–Crippen MR) is 76.7 cm³/mol. The number of hydrogen-bond acceptors (Lipinski definition) is 3. The van der Waals surface area contributed by atoms with Crippen molar-refractivity contribution in [2.24, 2.45) is 0 Å². The number of piperazine rings is 1. The summed E-state index contributed by atoms with van der Waals surface area (Å²) in [6.07, 6.45) is 2.98. The molecule has 1 aliphatic rings. The summed E-state index contributed by atoms with van der Waals surface area (Å²) in [7, 11) is 0. The zero-order chi connectivity index (χ0) is 13.8. The van der Waals surface area contributed by atoms with Crippen molar-refractivity contribution in [3.05, 3.63) is 65.7 Å². The Labute approximate surface area is 118 Å². The highest BCUT2D eigenvalue weighted by Crippen LogP contribution is 2.18. The largest absolute Gasteiger partial charge is 0.308 e. The second kappa shape index (κ2) is 6.11. The first-order valence-corrected chi connectivity index (χ1v) is 6.91. The summed E-state index contributed by atoms with van der Waals surface area (Å²) in [6, 6.07) is 12.3. The van der Waals surface area contributed by atoms with Gasteiger partial charge in [-0.05, 0) is 17.2 Å². The van der Waals surface area contributed by atoms with Crippen molar-refractivity contribution in [3.63, 3.8) is 0 Å². The summed E-state index contributed by atoms with van der Waals surface area (Å²) in [4.78, 5) is 6.25. The van der Waals surface area contributed by atoms with Crippen molar-refractivity contribution in [1.82, 2.24) is 15.2 Å². The highest BCUT2D eigenvalue weighted by atomic mass is 19.1. The topological polar surface area (TPSA) is 28.2 Å². The first kappa shape index (κ1) is 13.2. The fourth-order valence-corrected chi connectivity index (χ4v) is 2.66. The summed E-state index contributed by atoms with van der Waals surface area (Å²) >= 11 is 0. The van der Waals surface area contributed by atoms with Gasteiger partial charge in [0, 0.05) is 38.4 Å². The first-order chi connectivity index (χ1) is 9.81. The van der Waals surface area contributed by atoms with Gasteiger partial charge in [-0.3, -0.25) is 9.88 Å². The number of benzene rings is 1. The van der Waals surface area contributed by atoms with Crippen LogP contribution in [0.2, 0.25) is 0 Å². The van der Waals surface area contributed by atoms with Crippen LogP contribution in [0.25, 0.3) is 0 Å². The van der Waals surface area contributed by atoms with Crippen molar-refractivity contribution in [1.29, 1.82) is 0 Å². The minimum atomic E-state index is -0.266. The zero-order valence-electron chi connectivity index (χ0n) is 11.3. The lowest BCUT2D eigenvalue weighted by Crippen LogP contribution is -2.45. The summed E-state index contributed by atoms with van der Waals surface area (Å²) in [5, 5.41) is 3.53. The molecule has 3 nitrogen and oxygen atoms in total. The maximum atomic E-state index is 13.2. The van der Waals surface area contributed by atoms with Crippen molar-refractivity contribution in [2.45, 2.75) is 12.6 Å². The van der Waals surface area contributed by atoms with Gasteiger partial charge >= 0.3 is 0 Å². The van der Waals surface area contributed by atoms with Gasteiger partial charge in [0.1, 0.15) is 5.82 Å². The van der Waals surface area contributed by atoms with Crippen molar-refractivity contribution < 1.29 is 4.39 Å². The Morgan fingerprint density at radius 1 is 1.25 bits per heavy atom. The number of hydrogen-bond donors (Lipinski definition) is 1. The van der Waals surface area contributed by atoms with Gasteiger partial charge in [0.25, 0.3) is 0 Å². The van der Waals surface area contributed by atoms with Crippen molar-refractivity contribution in [2.75, 3.05) is 19.6 Å². The van der Waals surface area contributed by atoms with E-state index in [-0.39, 0.29) is 5.82 Å². The number of rotatable bonds is 3. The lowest BCUT2D eigenvalue weighted by atomic mass is 10.0. The number of aromatic nitrogens is 1. The molecule has 2 heterocycles. The highest BCUT2D eigenvalue weighted by molar-refractivity contribution is 5.20. The Bertz CT molecular complexity index is 559. The maximum Gasteiger partial charge on any atom is 0.141 e. The molecule has 1 aliphatic heterocycles. The van der Waals surface area contributed by atoms with Crippen molar-refractivity contribution >= 4 is 0 Å². The molecule has 3 rings (SSSR count). The predicted octanol–water partition coefficient (Wildman–Crippen LogP) is 2.37. The molecule has 1 fully saturated rings.